The molecule has 0 aliphatic carbocycles. The zero-order chi connectivity index (χ0) is 15.6. The molecule has 0 amide bonds. The van der Waals surface area contributed by atoms with Crippen LogP contribution in [0.25, 0.3) is 5.69 Å². The van der Waals surface area contributed by atoms with E-state index in [1.807, 2.05) is 36.5 Å². The summed E-state index contributed by atoms with van der Waals surface area (Å²) in [5.74, 6) is 0. The Morgan fingerprint density at radius 3 is 2.86 bits per heavy atom. The number of aromatic nitrogens is 4. The summed E-state index contributed by atoms with van der Waals surface area (Å²) >= 11 is 0. The Bertz CT molecular complexity index is 868. The first-order valence-corrected chi connectivity index (χ1v) is 8.13. The van der Waals surface area contributed by atoms with Crippen molar-refractivity contribution in [1.82, 2.24) is 24.7 Å². The number of benzene rings is 1. The van der Waals surface area contributed by atoms with Gasteiger partial charge in [0.05, 0.1) is 17.6 Å². The molecule has 2 aromatic heterocycles. The van der Waals surface area contributed by atoms with Crippen LogP contribution in [-0.2, 0) is 16.6 Å². The van der Waals surface area contributed by atoms with Crippen molar-refractivity contribution in [3.63, 3.8) is 0 Å². The third kappa shape index (κ3) is 2.92. The van der Waals surface area contributed by atoms with Crippen molar-refractivity contribution in [2.45, 2.75) is 18.4 Å². The normalized spacial score (nSPS) is 11.7. The topological polar surface area (TPSA) is 92.7 Å². The molecule has 1 aromatic carbocycles. The Morgan fingerprint density at radius 2 is 2.18 bits per heavy atom. The van der Waals surface area contributed by atoms with Gasteiger partial charge in [-0.05, 0) is 30.7 Å². The molecule has 22 heavy (non-hydrogen) atoms. The lowest BCUT2D eigenvalue weighted by molar-refractivity contribution is 0.580. The van der Waals surface area contributed by atoms with Gasteiger partial charge in [0.1, 0.15) is 4.90 Å². The van der Waals surface area contributed by atoms with E-state index < -0.39 is 10.0 Å². The summed E-state index contributed by atoms with van der Waals surface area (Å²) in [4.78, 5) is 0.163. The molecule has 0 spiro atoms. The molecule has 0 aliphatic heterocycles. The Hall–Kier alpha value is -2.45. The van der Waals surface area contributed by atoms with Crippen molar-refractivity contribution in [1.29, 1.82) is 0 Å². The summed E-state index contributed by atoms with van der Waals surface area (Å²) in [5.41, 5.74) is 2.23. The first kappa shape index (κ1) is 14.5. The average Bonchev–Trinajstić information content (AvgIpc) is 3.17. The molecule has 0 saturated carbocycles. The fourth-order valence-electron chi connectivity index (χ4n) is 2.10. The largest absolute Gasteiger partial charge is 0.281 e. The molecule has 7 nitrogen and oxygen atoms in total. The van der Waals surface area contributed by atoms with E-state index in [1.54, 1.807) is 17.8 Å². The van der Waals surface area contributed by atoms with Crippen molar-refractivity contribution >= 4 is 10.0 Å². The van der Waals surface area contributed by atoms with E-state index in [0.717, 1.165) is 11.3 Å². The van der Waals surface area contributed by atoms with Crippen LogP contribution in [0, 0.1) is 6.92 Å². The molecular weight excluding hydrogens is 302 g/mol. The predicted molar refractivity (Wildman–Crippen MR) is 80.9 cm³/mol. The second kappa shape index (κ2) is 5.74. The van der Waals surface area contributed by atoms with Crippen molar-refractivity contribution in [2.24, 2.45) is 0 Å². The van der Waals surface area contributed by atoms with Crippen molar-refractivity contribution in [2.75, 3.05) is 0 Å². The van der Waals surface area contributed by atoms with E-state index >= 15 is 0 Å². The molecule has 8 heteroatoms. The maximum absolute atomic E-state index is 12.2. The molecule has 0 fully saturated rings. The average molecular weight is 317 g/mol. The summed E-state index contributed by atoms with van der Waals surface area (Å²) in [7, 11) is -3.58. The Morgan fingerprint density at radius 1 is 1.32 bits per heavy atom. The van der Waals surface area contributed by atoms with Gasteiger partial charge >= 0.3 is 0 Å². The molecule has 3 rings (SSSR count). The maximum Gasteiger partial charge on any atom is 0.244 e. The van der Waals surface area contributed by atoms with Crippen molar-refractivity contribution < 1.29 is 8.42 Å². The van der Waals surface area contributed by atoms with Crippen LogP contribution < -0.4 is 4.72 Å². The van der Waals surface area contributed by atoms with Crippen LogP contribution in [0.15, 0.2) is 53.8 Å². The summed E-state index contributed by atoms with van der Waals surface area (Å²) in [6.45, 7) is 1.86. The zero-order valence-corrected chi connectivity index (χ0v) is 12.7. The number of H-pyrrole nitrogens is 1. The number of nitrogens with zero attached hydrogens (tertiary/aromatic N) is 3. The second-order valence-corrected chi connectivity index (χ2v) is 6.54. The minimum Gasteiger partial charge on any atom is -0.281 e. The van der Waals surface area contributed by atoms with Gasteiger partial charge in [-0.1, -0.05) is 12.1 Å². The Kier molecular flexibility index (Phi) is 3.78. The molecule has 114 valence electrons. The van der Waals surface area contributed by atoms with Gasteiger partial charge in [-0.25, -0.2) is 17.8 Å². The number of nitrogens with one attached hydrogen (secondary N) is 2. The fourth-order valence-corrected chi connectivity index (χ4v) is 3.25. The van der Waals surface area contributed by atoms with Gasteiger partial charge in [-0.3, -0.25) is 5.10 Å². The number of aryl methyl sites for hydroxylation is 1. The second-order valence-electron chi connectivity index (χ2n) is 4.80. The van der Waals surface area contributed by atoms with Gasteiger partial charge in [0.2, 0.25) is 10.0 Å². The summed E-state index contributed by atoms with van der Waals surface area (Å²) in [6, 6.07) is 9.35. The molecule has 0 aliphatic rings. The number of aromatic amines is 1. The molecule has 0 saturated heterocycles. The highest BCUT2D eigenvalue weighted by molar-refractivity contribution is 7.89. The van der Waals surface area contributed by atoms with Crippen LogP contribution in [0.5, 0.6) is 0 Å². The van der Waals surface area contributed by atoms with Gasteiger partial charge in [-0.15, -0.1) is 0 Å². The first-order chi connectivity index (χ1) is 10.6. The van der Waals surface area contributed by atoms with Gasteiger partial charge < -0.3 is 0 Å². The minimum absolute atomic E-state index is 0.163. The van der Waals surface area contributed by atoms with E-state index in [1.165, 1.54) is 6.20 Å². The van der Waals surface area contributed by atoms with E-state index in [0.29, 0.717) is 5.69 Å². The zero-order valence-electron chi connectivity index (χ0n) is 11.9. The first-order valence-electron chi connectivity index (χ1n) is 6.65. The standard InChI is InChI=1S/C14H15N5O2S/c1-11-14(10-15-18-11)22(20,21)17-9-12-4-2-5-13(8-12)19-7-3-6-16-19/h2-8,10,17H,9H2,1H3,(H,15,18). The van der Waals surface area contributed by atoms with Crippen LogP contribution in [0.3, 0.4) is 0 Å². The lowest BCUT2D eigenvalue weighted by Crippen LogP contribution is -2.23. The molecule has 0 radical (unpaired) electrons. The highest BCUT2D eigenvalue weighted by atomic mass is 32.2. The van der Waals surface area contributed by atoms with Gasteiger partial charge in [0.25, 0.3) is 0 Å². The lowest BCUT2D eigenvalue weighted by Gasteiger charge is -2.08. The van der Waals surface area contributed by atoms with Gasteiger partial charge in [0, 0.05) is 18.9 Å². The predicted octanol–water partition coefficient (Wildman–Crippen LogP) is 1.38. The van der Waals surface area contributed by atoms with Gasteiger partial charge in [-0.2, -0.15) is 10.2 Å². The highest BCUT2D eigenvalue weighted by Gasteiger charge is 2.18. The molecular formula is C14H15N5O2S. The van der Waals surface area contributed by atoms with Crippen LogP contribution >= 0.6 is 0 Å². The molecule has 0 bridgehead atoms. The minimum atomic E-state index is -3.58. The van der Waals surface area contributed by atoms with E-state index in [-0.39, 0.29) is 11.4 Å². The fraction of sp³-hybridized carbons (Fsp3) is 0.143. The smallest absolute Gasteiger partial charge is 0.244 e. The molecule has 3 aromatic rings. The van der Waals surface area contributed by atoms with Gasteiger partial charge in [0.15, 0.2) is 0 Å². The summed E-state index contributed by atoms with van der Waals surface area (Å²) in [5, 5.41) is 10.5. The number of rotatable bonds is 5. The van der Waals surface area contributed by atoms with Crippen LogP contribution in [0.1, 0.15) is 11.3 Å². The molecule has 2 heterocycles. The number of sulfonamides is 1. The Labute approximate surface area is 128 Å². The van der Waals surface area contributed by atoms with E-state index in [9.17, 15) is 8.42 Å². The lowest BCUT2D eigenvalue weighted by atomic mass is 10.2. The van der Waals surface area contributed by atoms with Crippen LogP contribution in [-0.4, -0.2) is 28.4 Å². The number of hydrogen-bond donors (Lipinski definition) is 2. The van der Waals surface area contributed by atoms with Crippen molar-refractivity contribution in [3.05, 3.63) is 60.2 Å². The monoisotopic (exact) mass is 317 g/mol. The molecule has 2 N–H and O–H groups in total. The SMILES string of the molecule is Cc1[nH]ncc1S(=O)(=O)NCc1cccc(-n2cccn2)c1. The maximum atomic E-state index is 12.2. The van der Waals surface area contributed by atoms with E-state index in [4.69, 9.17) is 0 Å². The van der Waals surface area contributed by atoms with Crippen LogP contribution in [0.4, 0.5) is 0 Å². The Balaban J connectivity index is 1.77. The summed E-state index contributed by atoms with van der Waals surface area (Å²) < 4.78 is 28.7. The third-order valence-corrected chi connectivity index (χ3v) is 4.73. The van der Waals surface area contributed by atoms with Crippen molar-refractivity contribution in [3.8, 4) is 5.69 Å². The van der Waals surface area contributed by atoms with Crippen LogP contribution in [0.2, 0.25) is 0 Å². The quantitative estimate of drug-likeness (QED) is 0.743. The third-order valence-electron chi connectivity index (χ3n) is 3.22. The molecule has 0 unspecified atom stereocenters. The van der Waals surface area contributed by atoms with E-state index in [2.05, 4.69) is 20.0 Å². The molecule has 0 atom stereocenters. The highest BCUT2D eigenvalue weighted by Crippen LogP contribution is 2.13. The summed E-state index contributed by atoms with van der Waals surface area (Å²) in [6.07, 6.45) is 4.83. The number of hydrogen-bond acceptors (Lipinski definition) is 4.